The minimum atomic E-state index is -0.999. The van der Waals surface area contributed by atoms with Crippen LogP contribution in [0.15, 0.2) is 6.20 Å². The van der Waals surface area contributed by atoms with Crippen LogP contribution in [-0.4, -0.2) is 41.0 Å². The fourth-order valence-corrected chi connectivity index (χ4v) is 3.17. The molecule has 0 aliphatic carbocycles. The first kappa shape index (κ1) is 19.1. The Kier molecular flexibility index (Phi) is 6.27. The molecule has 9 nitrogen and oxygen atoms in total. The highest BCUT2D eigenvalue weighted by Gasteiger charge is 2.48. The van der Waals surface area contributed by atoms with Crippen LogP contribution in [0.1, 0.15) is 36.6 Å². The Balaban J connectivity index is 2.06. The quantitative estimate of drug-likeness (QED) is 0.486. The van der Waals surface area contributed by atoms with Crippen molar-refractivity contribution < 1.29 is 14.5 Å². The van der Waals surface area contributed by atoms with Crippen LogP contribution < -0.4 is 20.9 Å². The van der Waals surface area contributed by atoms with E-state index in [9.17, 15) is 14.9 Å². The second kappa shape index (κ2) is 8.21. The second-order valence-corrected chi connectivity index (χ2v) is 6.20. The SMILES string of the molecule is CCCC1NNC(C(=O)NCc2ncc(C)c(OC)c2C)C1[N+](=O)[O-]. The molecule has 138 valence electrons. The maximum Gasteiger partial charge on any atom is 0.254 e. The number of nitro groups is 1. The van der Waals surface area contributed by atoms with Crippen molar-refractivity contribution in [1.29, 1.82) is 0 Å². The van der Waals surface area contributed by atoms with Crippen LogP contribution in [0.2, 0.25) is 0 Å². The number of carbonyl (C=O) groups excluding carboxylic acids is 1. The smallest absolute Gasteiger partial charge is 0.254 e. The maximum absolute atomic E-state index is 12.4. The molecule has 9 heteroatoms. The first-order valence-electron chi connectivity index (χ1n) is 8.32. The summed E-state index contributed by atoms with van der Waals surface area (Å²) in [6.45, 7) is 5.89. The van der Waals surface area contributed by atoms with E-state index in [1.165, 1.54) is 0 Å². The molecule has 3 unspecified atom stereocenters. The summed E-state index contributed by atoms with van der Waals surface area (Å²) >= 11 is 0. The number of carbonyl (C=O) groups is 1. The minimum Gasteiger partial charge on any atom is -0.496 e. The summed E-state index contributed by atoms with van der Waals surface area (Å²) in [5, 5.41) is 14.1. The van der Waals surface area contributed by atoms with Gasteiger partial charge in [0.15, 0.2) is 6.04 Å². The van der Waals surface area contributed by atoms with Gasteiger partial charge in [-0.15, -0.1) is 0 Å². The number of methoxy groups -OCH3 is 1. The van der Waals surface area contributed by atoms with E-state index in [4.69, 9.17) is 4.74 Å². The number of hydrazine groups is 1. The highest BCUT2D eigenvalue weighted by molar-refractivity contribution is 5.82. The molecule has 1 aliphatic heterocycles. The Bertz CT molecular complexity index is 652. The van der Waals surface area contributed by atoms with E-state index in [0.717, 1.165) is 23.3 Å². The number of aromatic nitrogens is 1. The van der Waals surface area contributed by atoms with Crippen LogP contribution >= 0.6 is 0 Å². The lowest BCUT2D eigenvalue weighted by atomic mass is 9.99. The monoisotopic (exact) mass is 351 g/mol. The summed E-state index contributed by atoms with van der Waals surface area (Å²) in [4.78, 5) is 27.7. The maximum atomic E-state index is 12.4. The van der Waals surface area contributed by atoms with Crippen molar-refractivity contribution in [3.05, 3.63) is 33.1 Å². The van der Waals surface area contributed by atoms with Crippen molar-refractivity contribution in [2.75, 3.05) is 7.11 Å². The van der Waals surface area contributed by atoms with Crippen LogP contribution in [0.5, 0.6) is 5.75 Å². The molecular formula is C16H25N5O4. The van der Waals surface area contributed by atoms with Crippen molar-refractivity contribution in [2.24, 2.45) is 0 Å². The van der Waals surface area contributed by atoms with Crippen LogP contribution in [0.3, 0.4) is 0 Å². The van der Waals surface area contributed by atoms with Gasteiger partial charge in [0.25, 0.3) is 6.04 Å². The predicted octanol–water partition coefficient (Wildman–Crippen LogP) is 0.614. The molecule has 2 heterocycles. The number of hydrogen-bond donors (Lipinski definition) is 3. The predicted molar refractivity (Wildman–Crippen MR) is 91.6 cm³/mol. The third-order valence-electron chi connectivity index (χ3n) is 4.48. The molecular weight excluding hydrogens is 326 g/mol. The summed E-state index contributed by atoms with van der Waals surface area (Å²) in [7, 11) is 1.58. The third-order valence-corrected chi connectivity index (χ3v) is 4.48. The number of amides is 1. The molecule has 1 aromatic heterocycles. The molecule has 3 N–H and O–H groups in total. The number of pyridine rings is 1. The Morgan fingerprint density at radius 2 is 2.16 bits per heavy atom. The zero-order valence-corrected chi connectivity index (χ0v) is 15.0. The molecule has 2 rings (SSSR count). The fourth-order valence-electron chi connectivity index (χ4n) is 3.17. The van der Waals surface area contributed by atoms with Crippen molar-refractivity contribution in [2.45, 2.75) is 58.3 Å². The van der Waals surface area contributed by atoms with Crippen LogP contribution in [0.25, 0.3) is 0 Å². The molecule has 3 atom stereocenters. The fraction of sp³-hybridized carbons (Fsp3) is 0.625. The Labute approximate surface area is 146 Å². The normalized spacial score (nSPS) is 22.6. The van der Waals surface area contributed by atoms with Gasteiger partial charge in [0, 0.05) is 22.2 Å². The van der Waals surface area contributed by atoms with Gasteiger partial charge < -0.3 is 10.1 Å². The van der Waals surface area contributed by atoms with Crippen molar-refractivity contribution >= 4 is 5.91 Å². The number of aryl methyl sites for hydroxylation is 1. The Morgan fingerprint density at radius 3 is 2.76 bits per heavy atom. The largest absolute Gasteiger partial charge is 0.496 e. The first-order valence-corrected chi connectivity index (χ1v) is 8.32. The van der Waals surface area contributed by atoms with E-state index >= 15 is 0 Å². The van der Waals surface area contributed by atoms with E-state index in [0.29, 0.717) is 12.1 Å². The van der Waals surface area contributed by atoms with E-state index in [2.05, 4.69) is 21.2 Å². The van der Waals surface area contributed by atoms with Gasteiger partial charge in [-0.25, -0.2) is 10.9 Å². The summed E-state index contributed by atoms with van der Waals surface area (Å²) in [5.41, 5.74) is 8.05. The number of hydrogen-bond acceptors (Lipinski definition) is 7. The van der Waals surface area contributed by atoms with Crippen LogP contribution in [0.4, 0.5) is 0 Å². The minimum absolute atomic E-state index is 0.183. The average Bonchev–Trinajstić information content (AvgIpc) is 2.99. The third kappa shape index (κ3) is 4.05. The van der Waals surface area contributed by atoms with E-state index in [-0.39, 0.29) is 12.6 Å². The van der Waals surface area contributed by atoms with Gasteiger partial charge in [-0.1, -0.05) is 13.3 Å². The van der Waals surface area contributed by atoms with E-state index < -0.39 is 22.9 Å². The summed E-state index contributed by atoms with van der Waals surface area (Å²) in [6.07, 6.45) is 3.10. The zero-order valence-electron chi connectivity index (χ0n) is 15.0. The van der Waals surface area contributed by atoms with Gasteiger partial charge >= 0.3 is 0 Å². The molecule has 0 bridgehead atoms. The summed E-state index contributed by atoms with van der Waals surface area (Å²) in [6, 6.07) is -2.28. The average molecular weight is 351 g/mol. The van der Waals surface area contributed by atoms with Crippen molar-refractivity contribution in [3.8, 4) is 5.75 Å². The van der Waals surface area contributed by atoms with E-state index in [1.807, 2.05) is 20.8 Å². The first-order chi connectivity index (χ1) is 11.9. The molecule has 1 fully saturated rings. The summed E-state index contributed by atoms with van der Waals surface area (Å²) < 4.78 is 5.35. The molecule has 0 radical (unpaired) electrons. The molecule has 1 saturated heterocycles. The second-order valence-electron chi connectivity index (χ2n) is 6.20. The molecule has 1 aliphatic rings. The molecule has 1 amide bonds. The zero-order chi connectivity index (χ0) is 18.6. The highest BCUT2D eigenvalue weighted by atomic mass is 16.6. The Hall–Kier alpha value is -2.26. The number of nitrogens with one attached hydrogen (secondary N) is 3. The van der Waals surface area contributed by atoms with Crippen molar-refractivity contribution in [1.82, 2.24) is 21.2 Å². The van der Waals surface area contributed by atoms with Gasteiger partial charge in [0.05, 0.1) is 25.4 Å². The lowest BCUT2D eigenvalue weighted by Gasteiger charge is -2.16. The number of nitrogens with zero attached hydrogens (tertiary/aromatic N) is 2. The molecule has 25 heavy (non-hydrogen) atoms. The molecule has 0 spiro atoms. The van der Waals surface area contributed by atoms with Crippen molar-refractivity contribution in [3.63, 3.8) is 0 Å². The molecule has 1 aromatic rings. The van der Waals surface area contributed by atoms with Gasteiger partial charge in [-0.2, -0.15) is 0 Å². The standard InChI is InChI=1S/C16H25N5O4/c1-5-6-11-14(21(23)24)13(20-19-11)16(22)18-8-12-10(3)15(25-4)9(2)7-17-12/h7,11,13-14,19-20H,5-6,8H2,1-4H3,(H,18,22). The Morgan fingerprint density at radius 1 is 1.44 bits per heavy atom. The topological polar surface area (TPSA) is 118 Å². The molecule has 0 saturated carbocycles. The van der Waals surface area contributed by atoms with Crippen LogP contribution in [0, 0.1) is 24.0 Å². The molecule has 0 aromatic carbocycles. The number of ether oxygens (including phenoxy) is 1. The van der Waals surface area contributed by atoms with Gasteiger partial charge in [-0.3, -0.25) is 19.9 Å². The summed E-state index contributed by atoms with van der Waals surface area (Å²) in [5.74, 6) is 0.305. The van der Waals surface area contributed by atoms with Gasteiger partial charge in [0.1, 0.15) is 5.75 Å². The lowest BCUT2D eigenvalue weighted by molar-refractivity contribution is -0.523. The van der Waals surface area contributed by atoms with Gasteiger partial charge in [-0.05, 0) is 20.3 Å². The van der Waals surface area contributed by atoms with Gasteiger partial charge in [0.2, 0.25) is 5.91 Å². The van der Waals surface area contributed by atoms with Crippen LogP contribution in [-0.2, 0) is 11.3 Å². The van der Waals surface area contributed by atoms with E-state index in [1.54, 1.807) is 13.3 Å². The highest BCUT2D eigenvalue weighted by Crippen LogP contribution is 2.24. The number of rotatable bonds is 7. The lowest BCUT2D eigenvalue weighted by Crippen LogP contribution is -2.50.